The molecule has 1 aromatic heterocycles. The third-order valence-electron chi connectivity index (χ3n) is 2.76. The molecule has 0 radical (unpaired) electrons. The number of sulfone groups is 1. The van der Waals surface area contributed by atoms with E-state index < -0.39 is 9.84 Å². The van der Waals surface area contributed by atoms with Crippen LogP contribution in [0.1, 0.15) is 12.8 Å². The highest BCUT2D eigenvalue weighted by atomic mass is 32.2. The number of amides is 2. The monoisotopic (exact) mass is 269 g/mol. The summed E-state index contributed by atoms with van der Waals surface area (Å²) in [6, 6.07) is 2.76. The van der Waals surface area contributed by atoms with Gasteiger partial charge in [-0.3, -0.25) is 0 Å². The first-order chi connectivity index (χ1) is 8.47. The molecular formula is C11H15N3O3S. The fourth-order valence-electron chi connectivity index (χ4n) is 1.80. The number of nitrogens with zero attached hydrogens (tertiary/aromatic N) is 2. The average molecular weight is 269 g/mol. The minimum atomic E-state index is -3.30. The van der Waals surface area contributed by atoms with Crippen molar-refractivity contribution in [1.82, 2.24) is 9.88 Å². The number of rotatable bonds is 2. The molecule has 18 heavy (non-hydrogen) atoms. The first kappa shape index (κ1) is 12.8. The highest BCUT2D eigenvalue weighted by molar-refractivity contribution is 7.90. The fourth-order valence-corrected chi connectivity index (χ4v) is 2.36. The standard InChI is InChI=1S/C11H15N3O3S/c1-18(16,17)10-5-4-9(8-12-10)13-11(15)14-6-2-3-7-14/h4-5,8H,2-3,6-7H2,1H3,(H,13,15). The lowest BCUT2D eigenvalue weighted by atomic mass is 10.4. The predicted octanol–water partition coefficient (Wildman–Crippen LogP) is 1.11. The van der Waals surface area contributed by atoms with E-state index in [2.05, 4.69) is 10.3 Å². The third kappa shape index (κ3) is 2.98. The Kier molecular flexibility index (Phi) is 3.51. The Morgan fingerprint density at radius 2 is 2.00 bits per heavy atom. The summed E-state index contributed by atoms with van der Waals surface area (Å²) in [6.07, 6.45) is 4.50. The molecule has 1 fully saturated rings. The van der Waals surface area contributed by atoms with Crippen LogP contribution in [0.2, 0.25) is 0 Å². The molecule has 0 bridgehead atoms. The number of likely N-dealkylation sites (tertiary alicyclic amines) is 1. The lowest BCUT2D eigenvalue weighted by Crippen LogP contribution is -2.32. The minimum absolute atomic E-state index is 0.00155. The molecule has 0 saturated carbocycles. The molecule has 2 amide bonds. The van der Waals surface area contributed by atoms with Crippen molar-refractivity contribution in [3.63, 3.8) is 0 Å². The Morgan fingerprint density at radius 1 is 1.33 bits per heavy atom. The Bertz CT molecular complexity index is 533. The van der Waals surface area contributed by atoms with E-state index in [9.17, 15) is 13.2 Å². The average Bonchev–Trinajstić information content (AvgIpc) is 2.82. The molecule has 0 aromatic carbocycles. The molecule has 0 unspecified atom stereocenters. The van der Waals surface area contributed by atoms with Crippen LogP contribution in [0.25, 0.3) is 0 Å². The Hall–Kier alpha value is -1.63. The maximum Gasteiger partial charge on any atom is 0.321 e. The lowest BCUT2D eigenvalue weighted by Gasteiger charge is -2.15. The van der Waals surface area contributed by atoms with Crippen LogP contribution in [-0.2, 0) is 9.84 Å². The zero-order chi connectivity index (χ0) is 13.2. The van der Waals surface area contributed by atoms with E-state index in [-0.39, 0.29) is 11.1 Å². The van der Waals surface area contributed by atoms with Gasteiger partial charge in [0, 0.05) is 19.3 Å². The molecule has 98 valence electrons. The zero-order valence-electron chi connectivity index (χ0n) is 10.1. The summed E-state index contributed by atoms with van der Waals surface area (Å²) in [4.78, 5) is 17.3. The van der Waals surface area contributed by atoms with E-state index in [1.807, 2.05) is 0 Å². The molecule has 1 aliphatic heterocycles. The summed E-state index contributed by atoms with van der Waals surface area (Å²) in [5.74, 6) is 0. The summed E-state index contributed by atoms with van der Waals surface area (Å²) in [7, 11) is -3.30. The van der Waals surface area contributed by atoms with Gasteiger partial charge in [0.25, 0.3) is 0 Å². The second-order valence-corrected chi connectivity index (χ2v) is 6.24. The van der Waals surface area contributed by atoms with Gasteiger partial charge in [-0.2, -0.15) is 0 Å². The summed E-state index contributed by atoms with van der Waals surface area (Å²) in [5.41, 5.74) is 0.499. The quantitative estimate of drug-likeness (QED) is 0.872. The van der Waals surface area contributed by atoms with Gasteiger partial charge in [0.2, 0.25) is 0 Å². The van der Waals surface area contributed by atoms with Crippen molar-refractivity contribution in [2.75, 3.05) is 24.7 Å². The number of hydrogen-bond acceptors (Lipinski definition) is 4. The zero-order valence-corrected chi connectivity index (χ0v) is 10.9. The number of nitrogens with one attached hydrogen (secondary N) is 1. The van der Waals surface area contributed by atoms with Gasteiger partial charge >= 0.3 is 6.03 Å². The molecular weight excluding hydrogens is 254 g/mol. The van der Waals surface area contributed by atoms with Crippen molar-refractivity contribution in [2.45, 2.75) is 17.9 Å². The van der Waals surface area contributed by atoms with Crippen molar-refractivity contribution < 1.29 is 13.2 Å². The molecule has 7 heteroatoms. The number of urea groups is 1. The fraction of sp³-hybridized carbons (Fsp3) is 0.455. The number of carbonyl (C=O) groups is 1. The molecule has 6 nitrogen and oxygen atoms in total. The molecule has 1 saturated heterocycles. The van der Waals surface area contributed by atoms with Crippen molar-refractivity contribution in [3.05, 3.63) is 18.3 Å². The molecule has 2 heterocycles. The van der Waals surface area contributed by atoms with Crippen LogP contribution in [0.4, 0.5) is 10.5 Å². The van der Waals surface area contributed by atoms with Gasteiger partial charge in [-0.1, -0.05) is 0 Å². The van der Waals surface area contributed by atoms with E-state index in [4.69, 9.17) is 0 Å². The number of aromatic nitrogens is 1. The van der Waals surface area contributed by atoms with Crippen LogP contribution in [0, 0.1) is 0 Å². The van der Waals surface area contributed by atoms with Gasteiger partial charge in [-0.15, -0.1) is 0 Å². The maximum absolute atomic E-state index is 11.8. The smallest absolute Gasteiger partial charge is 0.321 e. The highest BCUT2D eigenvalue weighted by Crippen LogP contribution is 2.13. The van der Waals surface area contributed by atoms with Crippen LogP contribution >= 0.6 is 0 Å². The number of carbonyl (C=O) groups excluding carboxylic acids is 1. The van der Waals surface area contributed by atoms with E-state index in [0.717, 1.165) is 32.2 Å². The Balaban J connectivity index is 2.04. The maximum atomic E-state index is 11.8. The Morgan fingerprint density at radius 3 is 2.50 bits per heavy atom. The molecule has 1 N–H and O–H groups in total. The van der Waals surface area contributed by atoms with Crippen LogP contribution in [0.3, 0.4) is 0 Å². The SMILES string of the molecule is CS(=O)(=O)c1ccc(NC(=O)N2CCCC2)cn1. The topological polar surface area (TPSA) is 79.4 Å². The van der Waals surface area contributed by atoms with E-state index in [1.165, 1.54) is 18.3 Å². The van der Waals surface area contributed by atoms with Crippen LogP contribution in [0.5, 0.6) is 0 Å². The molecule has 1 aromatic rings. The lowest BCUT2D eigenvalue weighted by molar-refractivity contribution is 0.222. The molecule has 0 spiro atoms. The van der Waals surface area contributed by atoms with Crippen molar-refractivity contribution in [3.8, 4) is 0 Å². The third-order valence-corrected chi connectivity index (χ3v) is 3.76. The minimum Gasteiger partial charge on any atom is -0.325 e. The number of hydrogen-bond donors (Lipinski definition) is 1. The largest absolute Gasteiger partial charge is 0.325 e. The van der Waals surface area contributed by atoms with Crippen LogP contribution in [0.15, 0.2) is 23.4 Å². The Labute approximate surface area is 106 Å². The van der Waals surface area contributed by atoms with Gasteiger partial charge in [-0.05, 0) is 25.0 Å². The van der Waals surface area contributed by atoms with Gasteiger partial charge in [0.1, 0.15) is 0 Å². The first-order valence-electron chi connectivity index (χ1n) is 5.69. The van der Waals surface area contributed by atoms with Crippen molar-refractivity contribution >= 4 is 21.6 Å². The normalized spacial score (nSPS) is 15.7. The second-order valence-electron chi connectivity index (χ2n) is 4.28. The second kappa shape index (κ2) is 4.93. The van der Waals surface area contributed by atoms with E-state index >= 15 is 0 Å². The van der Waals surface area contributed by atoms with Gasteiger partial charge < -0.3 is 10.2 Å². The predicted molar refractivity (Wildman–Crippen MR) is 67.2 cm³/mol. The molecule has 0 aliphatic carbocycles. The van der Waals surface area contributed by atoms with Crippen molar-refractivity contribution in [1.29, 1.82) is 0 Å². The molecule has 2 rings (SSSR count). The first-order valence-corrected chi connectivity index (χ1v) is 7.58. The van der Waals surface area contributed by atoms with Crippen molar-refractivity contribution in [2.24, 2.45) is 0 Å². The number of pyridine rings is 1. The number of anilines is 1. The molecule has 1 aliphatic rings. The van der Waals surface area contributed by atoms with E-state index in [0.29, 0.717) is 5.69 Å². The van der Waals surface area contributed by atoms with Gasteiger partial charge in [0.15, 0.2) is 14.9 Å². The van der Waals surface area contributed by atoms with Crippen LogP contribution in [-0.4, -0.2) is 43.7 Å². The summed E-state index contributed by atoms with van der Waals surface area (Å²) in [6.45, 7) is 1.53. The van der Waals surface area contributed by atoms with Gasteiger partial charge in [-0.25, -0.2) is 18.2 Å². The van der Waals surface area contributed by atoms with E-state index in [1.54, 1.807) is 4.90 Å². The highest BCUT2D eigenvalue weighted by Gasteiger charge is 2.18. The summed E-state index contributed by atoms with van der Waals surface area (Å²) >= 11 is 0. The summed E-state index contributed by atoms with van der Waals surface area (Å²) in [5, 5.41) is 2.69. The van der Waals surface area contributed by atoms with Gasteiger partial charge in [0.05, 0.1) is 11.9 Å². The van der Waals surface area contributed by atoms with Crippen LogP contribution < -0.4 is 5.32 Å². The summed E-state index contributed by atoms with van der Waals surface area (Å²) < 4.78 is 22.4. The molecule has 0 atom stereocenters.